The van der Waals surface area contributed by atoms with Gasteiger partial charge in [0.2, 0.25) is 0 Å². The number of hydrogen-bond donors (Lipinski definition) is 2. The molecule has 1 rings (SSSR count). The van der Waals surface area contributed by atoms with Gasteiger partial charge in [0.1, 0.15) is 11.4 Å². The largest absolute Gasteiger partial charge is 0.444 e. The molecule has 1 aromatic carbocycles. The van der Waals surface area contributed by atoms with Crippen LogP contribution in [0.2, 0.25) is 0 Å². The minimum Gasteiger partial charge on any atom is -0.444 e. The summed E-state index contributed by atoms with van der Waals surface area (Å²) in [6, 6.07) is 2.59. The van der Waals surface area contributed by atoms with E-state index in [1.807, 2.05) is 0 Å². The molecule has 134 valence electrons. The van der Waals surface area contributed by atoms with E-state index in [4.69, 9.17) is 15.8 Å². The van der Waals surface area contributed by atoms with Crippen LogP contribution in [0.5, 0.6) is 0 Å². The monoisotopic (exact) mass is 350 g/mol. The number of azide groups is 2. The van der Waals surface area contributed by atoms with Crippen LogP contribution in [-0.2, 0) is 11.3 Å². The van der Waals surface area contributed by atoms with E-state index in [0.717, 1.165) is 0 Å². The van der Waals surface area contributed by atoms with Crippen LogP contribution in [0.15, 0.2) is 22.4 Å². The standard InChI is InChI=1S/C14H19FN8O2/c1-14(2,3)25-13(24)19-5-4-18-8-9-6-10(15)12(21-23-17)11(7-9)20-22-16/h6-7,18H,4-5,8H2,1-3H3,(H,19,24). The van der Waals surface area contributed by atoms with Crippen LogP contribution >= 0.6 is 0 Å². The zero-order valence-corrected chi connectivity index (χ0v) is 14.2. The fourth-order valence-corrected chi connectivity index (χ4v) is 1.81. The molecule has 0 aliphatic rings. The molecule has 0 heterocycles. The van der Waals surface area contributed by atoms with Crippen LogP contribution in [0.1, 0.15) is 26.3 Å². The minimum absolute atomic E-state index is 0.0935. The highest BCUT2D eigenvalue weighted by molar-refractivity contribution is 5.67. The number of alkyl carbamates (subject to hydrolysis) is 1. The number of rotatable bonds is 7. The van der Waals surface area contributed by atoms with Gasteiger partial charge in [0, 0.05) is 29.5 Å². The Kier molecular flexibility index (Phi) is 7.48. The fraction of sp³-hybridized carbons (Fsp3) is 0.500. The number of hydrogen-bond acceptors (Lipinski definition) is 5. The molecule has 0 unspecified atom stereocenters. The SMILES string of the molecule is CC(C)(C)OC(=O)NCCNCc1cc(F)c(N=[N+]=[N-])c(N=[N+]=[N-])c1. The van der Waals surface area contributed by atoms with E-state index in [1.165, 1.54) is 12.1 Å². The summed E-state index contributed by atoms with van der Waals surface area (Å²) in [6.07, 6.45) is -0.523. The normalized spacial score (nSPS) is 10.4. The molecule has 25 heavy (non-hydrogen) atoms. The highest BCUT2D eigenvalue weighted by atomic mass is 19.1. The number of amides is 1. The quantitative estimate of drug-likeness (QED) is 0.326. The van der Waals surface area contributed by atoms with Crippen molar-refractivity contribution in [2.75, 3.05) is 13.1 Å². The van der Waals surface area contributed by atoms with E-state index < -0.39 is 17.5 Å². The van der Waals surface area contributed by atoms with E-state index in [2.05, 4.69) is 30.7 Å². The molecule has 0 saturated carbocycles. The molecular weight excluding hydrogens is 331 g/mol. The molecule has 0 aliphatic heterocycles. The first-order chi connectivity index (χ1) is 11.8. The van der Waals surface area contributed by atoms with Gasteiger partial charge in [-0.15, -0.1) is 0 Å². The zero-order chi connectivity index (χ0) is 18.9. The number of benzene rings is 1. The summed E-state index contributed by atoms with van der Waals surface area (Å²) in [7, 11) is 0. The number of nitrogens with one attached hydrogen (secondary N) is 2. The van der Waals surface area contributed by atoms with Crippen molar-refractivity contribution >= 4 is 17.5 Å². The predicted octanol–water partition coefficient (Wildman–Crippen LogP) is 4.32. The van der Waals surface area contributed by atoms with E-state index in [0.29, 0.717) is 18.7 Å². The van der Waals surface area contributed by atoms with Gasteiger partial charge in [0.15, 0.2) is 0 Å². The van der Waals surface area contributed by atoms with E-state index in [9.17, 15) is 9.18 Å². The zero-order valence-electron chi connectivity index (χ0n) is 14.2. The van der Waals surface area contributed by atoms with Crippen LogP contribution in [0.25, 0.3) is 20.9 Å². The molecule has 0 spiro atoms. The average molecular weight is 350 g/mol. The third kappa shape index (κ3) is 7.40. The average Bonchev–Trinajstić information content (AvgIpc) is 2.49. The molecule has 0 aliphatic carbocycles. The lowest BCUT2D eigenvalue weighted by molar-refractivity contribution is 0.0528. The number of carbonyl (C=O) groups excluding carboxylic acids is 1. The van der Waals surface area contributed by atoms with Gasteiger partial charge in [-0.25, -0.2) is 9.18 Å². The first-order valence-corrected chi connectivity index (χ1v) is 7.37. The lowest BCUT2D eigenvalue weighted by atomic mass is 10.1. The van der Waals surface area contributed by atoms with Crippen molar-refractivity contribution in [1.29, 1.82) is 0 Å². The second-order valence-corrected chi connectivity index (χ2v) is 5.93. The molecule has 0 radical (unpaired) electrons. The summed E-state index contributed by atoms with van der Waals surface area (Å²) >= 11 is 0. The topological polar surface area (TPSA) is 148 Å². The van der Waals surface area contributed by atoms with Gasteiger partial charge in [0.25, 0.3) is 0 Å². The van der Waals surface area contributed by atoms with Gasteiger partial charge in [-0.1, -0.05) is 10.2 Å². The van der Waals surface area contributed by atoms with Crippen molar-refractivity contribution in [3.05, 3.63) is 44.4 Å². The van der Waals surface area contributed by atoms with Crippen molar-refractivity contribution < 1.29 is 13.9 Å². The maximum absolute atomic E-state index is 13.9. The number of ether oxygens (including phenoxy) is 1. The highest BCUT2D eigenvalue weighted by Crippen LogP contribution is 2.32. The first kappa shape index (κ1) is 20.0. The summed E-state index contributed by atoms with van der Waals surface area (Å²) in [6.45, 7) is 6.28. The molecule has 0 atom stereocenters. The smallest absolute Gasteiger partial charge is 0.407 e. The first-order valence-electron chi connectivity index (χ1n) is 7.37. The number of nitrogens with zero attached hydrogens (tertiary/aromatic N) is 6. The van der Waals surface area contributed by atoms with Gasteiger partial charge < -0.3 is 15.4 Å². The fourth-order valence-electron chi connectivity index (χ4n) is 1.81. The van der Waals surface area contributed by atoms with Crippen molar-refractivity contribution in [2.45, 2.75) is 32.9 Å². The van der Waals surface area contributed by atoms with Gasteiger partial charge in [-0.2, -0.15) is 0 Å². The Hall–Kier alpha value is -3.00. The third-order valence-electron chi connectivity index (χ3n) is 2.70. The van der Waals surface area contributed by atoms with Crippen LogP contribution in [-0.4, -0.2) is 24.8 Å². The Balaban J connectivity index is 2.57. The predicted molar refractivity (Wildman–Crippen MR) is 90.0 cm³/mol. The molecule has 11 heteroatoms. The Morgan fingerprint density at radius 2 is 1.92 bits per heavy atom. The summed E-state index contributed by atoms with van der Waals surface area (Å²) in [5.74, 6) is -0.786. The van der Waals surface area contributed by atoms with Crippen molar-refractivity contribution in [3.63, 3.8) is 0 Å². The minimum atomic E-state index is -0.786. The van der Waals surface area contributed by atoms with Crippen LogP contribution in [0.4, 0.5) is 20.6 Å². The van der Waals surface area contributed by atoms with Crippen LogP contribution in [0.3, 0.4) is 0 Å². The molecule has 0 fully saturated rings. The Labute approximate surface area is 143 Å². The summed E-state index contributed by atoms with van der Waals surface area (Å²) < 4.78 is 19.0. The molecule has 0 saturated heterocycles. The number of halogens is 1. The highest BCUT2D eigenvalue weighted by Gasteiger charge is 2.15. The lowest BCUT2D eigenvalue weighted by Gasteiger charge is -2.19. The Morgan fingerprint density at radius 1 is 1.24 bits per heavy atom. The number of carbonyl (C=O) groups is 1. The van der Waals surface area contributed by atoms with Gasteiger partial charge in [-0.3, -0.25) is 0 Å². The second kappa shape index (κ2) is 9.33. The molecule has 1 amide bonds. The summed E-state index contributed by atoms with van der Waals surface area (Å²) in [5.41, 5.74) is 16.4. The van der Waals surface area contributed by atoms with Crippen molar-refractivity contribution in [2.24, 2.45) is 10.2 Å². The third-order valence-corrected chi connectivity index (χ3v) is 2.70. The van der Waals surface area contributed by atoms with E-state index in [-0.39, 0.29) is 17.9 Å². The van der Waals surface area contributed by atoms with Crippen LogP contribution in [0, 0.1) is 5.82 Å². The lowest BCUT2D eigenvalue weighted by Crippen LogP contribution is -2.36. The molecule has 1 aromatic rings. The molecule has 10 nitrogen and oxygen atoms in total. The maximum Gasteiger partial charge on any atom is 0.407 e. The van der Waals surface area contributed by atoms with Crippen LogP contribution < -0.4 is 10.6 Å². The van der Waals surface area contributed by atoms with Gasteiger partial charge in [0.05, 0.1) is 11.4 Å². The Bertz CT molecular complexity index is 718. The summed E-state index contributed by atoms with van der Waals surface area (Å²) in [4.78, 5) is 16.5. The molecule has 2 N–H and O–H groups in total. The van der Waals surface area contributed by atoms with Gasteiger partial charge in [-0.05, 0) is 49.5 Å². The summed E-state index contributed by atoms with van der Waals surface area (Å²) in [5, 5.41) is 12.1. The van der Waals surface area contributed by atoms with E-state index in [1.54, 1.807) is 20.8 Å². The van der Waals surface area contributed by atoms with Crippen molar-refractivity contribution in [3.8, 4) is 0 Å². The van der Waals surface area contributed by atoms with Crippen molar-refractivity contribution in [1.82, 2.24) is 10.6 Å². The molecular formula is C14H19FN8O2. The van der Waals surface area contributed by atoms with E-state index >= 15 is 0 Å². The van der Waals surface area contributed by atoms with Gasteiger partial charge >= 0.3 is 6.09 Å². The molecule has 0 aromatic heterocycles. The molecule has 0 bridgehead atoms. The maximum atomic E-state index is 13.9. The Morgan fingerprint density at radius 3 is 2.52 bits per heavy atom. The second-order valence-electron chi connectivity index (χ2n) is 5.93.